The molecule has 1 saturated carbocycles. The van der Waals surface area contributed by atoms with Crippen LogP contribution >= 0.6 is 0 Å². The van der Waals surface area contributed by atoms with Crippen LogP contribution in [-0.2, 0) is 6.54 Å². The standard InChI is InChI=1S/C14H18N2/c15-9-11-4-3-7-13(8-11)14(10-16)12-5-1-2-6-12/h3-4,7-8,12,14H,1-2,5-6,9,15H2. The predicted molar refractivity (Wildman–Crippen MR) is 64.6 cm³/mol. The van der Waals surface area contributed by atoms with Gasteiger partial charge in [-0.25, -0.2) is 0 Å². The molecule has 0 aromatic heterocycles. The predicted octanol–water partition coefficient (Wildman–Crippen LogP) is 2.94. The lowest BCUT2D eigenvalue weighted by molar-refractivity contribution is 0.501. The van der Waals surface area contributed by atoms with E-state index in [4.69, 9.17) is 5.73 Å². The summed E-state index contributed by atoms with van der Waals surface area (Å²) in [6.07, 6.45) is 4.95. The molecule has 2 rings (SSSR count). The van der Waals surface area contributed by atoms with Crippen LogP contribution in [0.3, 0.4) is 0 Å². The molecule has 0 aliphatic heterocycles. The first-order valence-corrected chi connectivity index (χ1v) is 6.03. The Bertz CT molecular complexity index is 386. The Labute approximate surface area is 97.1 Å². The summed E-state index contributed by atoms with van der Waals surface area (Å²) in [6.45, 7) is 0.552. The van der Waals surface area contributed by atoms with Crippen molar-refractivity contribution in [2.75, 3.05) is 0 Å². The van der Waals surface area contributed by atoms with Gasteiger partial charge >= 0.3 is 0 Å². The molecule has 1 aliphatic rings. The van der Waals surface area contributed by atoms with Gasteiger partial charge in [0, 0.05) is 6.54 Å². The normalized spacial score (nSPS) is 18.2. The fourth-order valence-electron chi connectivity index (χ4n) is 2.66. The van der Waals surface area contributed by atoms with Gasteiger partial charge in [0.05, 0.1) is 12.0 Å². The van der Waals surface area contributed by atoms with Gasteiger partial charge in [0.25, 0.3) is 0 Å². The summed E-state index contributed by atoms with van der Waals surface area (Å²) in [5.74, 6) is 0.618. The lowest BCUT2D eigenvalue weighted by atomic mass is 9.85. The molecular weight excluding hydrogens is 196 g/mol. The third-order valence-electron chi connectivity index (χ3n) is 3.56. The Kier molecular flexibility index (Phi) is 3.58. The minimum absolute atomic E-state index is 0.0639. The minimum Gasteiger partial charge on any atom is -0.326 e. The first-order valence-electron chi connectivity index (χ1n) is 6.03. The molecule has 2 nitrogen and oxygen atoms in total. The smallest absolute Gasteiger partial charge is 0.0741 e. The Morgan fingerprint density at radius 1 is 1.38 bits per heavy atom. The minimum atomic E-state index is 0.0639. The van der Waals surface area contributed by atoms with Crippen LogP contribution in [-0.4, -0.2) is 0 Å². The molecule has 0 saturated heterocycles. The Morgan fingerprint density at radius 2 is 2.12 bits per heavy atom. The summed E-state index contributed by atoms with van der Waals surface area (Å²) in [5.41, 5.74) is 7.90. The molecule has 0 bridgehead atoms. The monoisotopic (exact) mass is 214 g/mol. The molecule has 1 aromatic rings. The zero-order valence-electron chi connectivity index (χ0n) is 9.52. The van der Waals surface area contributed by atoms with E-state index < -0.39 is 0 Å². The highest BCUT2D eigenvalue weighted by Crippen LogP contribution is 2.36. The van der Waals surface area contributed by atoms with Gasteiger partial charge in [0.1, 0.15) is 0 Å². The van der Waals surface area contributed by atoms with E-state index in [1.807, 2.05) is 12.1 Å². The second-order valence-electron chi connectivity index (χ2n) is 4.60. The van der Waals surface area contributed by atoms with Crippen molar-refractivity contribution in [3.8, 4) is 6.07 Å². The van der Waals surface area contributed by atoms with Gasteiger partial charge < -0.3 is 5.73 Å². The van der Waals surface area contributed by atoms with Gasteiger partial charge in [0.15, 0.2) is 0 Å². The van der Waals surface area contributed by atoms with Gasteiger partial charge in [-0.3, -0.25) is 0 Å². The first-order chi connectivity index (χ1) is 7.85. The summed E-state index contributed by atoms with van der Waals surface area (Å²) in [5, 5.41) is 9.32. The number of hydrogen-bond donors (Lipinski definition) is 1. The number of nitrogens with zero attached hydrogens (tertiary/aromatic N) is 1. The number of benzene rings is 1. The Morgan fingerprint density at radius 3 is 2.75 bits per heavy atom. The summed E-state index contributed by atoms with van der Waals surface area (Å²) >= 11 is 0. The molecule has 0 amide bonds. The highest BCUT2D eigenvalue weighted by Gasteiger charge is 2.26. The van der Waals surface area contributed by atoms with Crippen LogP contribution in [0, 0.1) is 17.2 Å². The van der Waals surface area contributed by atoms with E-state index in [1.165, 1.54) is 25.7 Å². The van der Waals surface area contributed by atoms with Crippen LogP contribution in [0.15, 0.2) is 24.3 Å². The topological polar surface area (TPSA) is 49.8 Å². The van der Waals surface area contributed by atoms with E-state index in [9.17, 15) is 5.26 Å². The van der Waals surface area contributed by atoms with Crippen molar-refractivity contribution >= 4 is 0 Å². The zero-order chi connectivity index (χ0) is 11.4. The van der Waals surface area contributed by atoms with E-state index >= 15 is 0 Å². The lowest BCUT2D eigenvalue weighted by Crippen LogP contribution is -2.08. The largest absolute Gasteiger partial charge is 0.326 e. The van der Waals surface area contributed by atoms with Crippen molar-refractivity contribution in [2.45, 2.75) is 38.1 Å². The number of rotatable bonds is 3. The molecule has 0 radical (unpaired) electrons. The van der Waals surface area contributed by atoms with Crippen LogP contribution in [0.2, 0.25) is 0 Å². The fraction of sp³-hybridized carbons (Fsp3) is 0.500. The van der Waals surface area contributed by atoms with Gasteiger partial charge in [-0.15, -0.1) is 0 Å². The summed E-state index contributed by atoms with van der Waals surface area (Å²) in [6, 6.07) is 10.7. The zero-order valence-corrected chi connectivity index (χ0v) is 9.52. The maximum atomic E-state index is 9.32. The Hall–Kier alpha value is -1.33. The van der Waals surface area contributed by atoms with Crippen LogP contribution in [0.5, 0.6) is 0 Å². The van der Waals surface area contributed by atoms with Crippen molar-refractivity contribution in [1.29, 1.82) is 5.26 Å². The molecule has 1 atom stereocenters. The first kappa shape index (κ1) is 11.2. The quantitative estimate of drug-likeness (QED) is 0.841. The summed E-state index contributed by atoms with van der Waals surface area (Å²) in [4.78, 5) is 0. The van der Waals surface area contributed by atoms with Crippen LogP contribution in [0.1, 0.15) is 42.7 Å². The number of nitriles is 1. The van der Waals surface area contributed by atoms with E-state index in [-0.39, 0.29) is 5.92 Å². The summed E-state index contributed by atoms with van der Waals surface area (Å²) in [7, 11) is 0. The maximum Gasteiger partial charge on any atom is 0.0741 e. The van der Waals surface area contributed by atoms with E-state index in [1.54, 1.807) is 0 Å². The molecule has 16 heavy (non-hydrogen) atoms. The average molecular weight is 214 g/mol. The van der Waals surface area contributed by atoms with Gasteiger partial charge in [-0.2, -0.15) is 5.26 Å². The van der Waals surface area contributed by atoms with Crippen molar-refractivity contribution in [2.24, 2.45) is 11.7 Å². The third-order valence-corrected chi connectivity index (χ3v) is 3.56. The molecule has 1 unspecified atom stereocenters. The average Bonchev–Trinajstić information content (AvgIpc) is 2.84. The fourth-order valence-corrected chi connectivity index (χ4v) is 2.66. The van der Waals surface area contributed by atoms with Crippen LogP contribution < -0.4 is 5.73 Å². The number of hydrogen-bond acceptors (Lipinski definition) is 2. The van der Waals surface area contributed by atoms with Crippen LogP contribution in [0.25, 0.3) is 0 Å². The van der Waals surface area contributed by atoms with Crippen LogP contribution in [0.4, 0.5) is 0 Å². The van der Waals surface area contributed by atoms with Gasteiger partial charge in [-0.1, -0.05) is 37.1 Å². The second-order valence-corrected chi connectivity index (χ2v) is 4.60. The molecule has 0 spiro atoms. The van der Waals surface area contributed by atoms with E-state index in [0.29, 0.717) is 12.5 Å². The number of nitrogens with two attached hydrogens (primary N) is 1. The molecule has 2 N–H and O–H groups in total. The Balaban J connectivity index is 2.22. The third kappa shape index (κ3) is 2.25. The molecule has 1 aromatic carbocycles. The SMILES string of the molecule is N#CC(c1cccc(CN)c1)C1CCCC1. The molecule has 2 heteroatoms. The van der Waals surface area contributed by atoms with Crippen molar-refractivity contribution in [3.05, 3.63) is 35.4 Å². The maximum absolute atomic E-state index is 9.32. The van der Waals surface area contributed by atoms with E-state index in [2.05, 4.69) is 18.2 Å². The molecule has 1 aliphatic carbocycles. The second kappa shape index (κ2) is 5.14. The highest BCUT2D eigenvalue weighted by molar-refractivity contribution is 5.30. The molecular formula is C14H18N2. The van der Waals surface area contributed by atoms with Crippen molar-refractivity contribution < 1.29 is 0 Å². The van der Waals surface area contributed by atoms with Crippen molar-refractivity contribution in [1.82, 2.24) is 0 Å². The van der Waals surface area contributed by atoms with Crippen molar-refractivity contribution in [3.63, 3.8) is 0 Å². The molecule has 84 valence electrons. The van der Waals surface area contributed by atoms with Gasteiger partial charge in [-0.05, 0) is 29.9 Å². The highest BCUT2D eigenvalue weighted by atomic mass is 14.5. The molecule has 1 fully saturated rings. The van der Waals surface area contributed by atoms with Gasteiger partial charge in [0.2, 0.25) is 0 Å². The lowest BCUT2D eigenvalue weighted by Gasteiger charge is -2.17. The summed E-state index contributed by atoms with van der Waals surface area (Å²) < 4.78 is 0. The van der Waals surface area contributed by atoms with E-state index in [0.717, 1.165) is 11.1 Å². The molecule has 0 heterocycles.